The van der Waals surface area contributed by atoms with Crippen molar-refractivity contribution in [3.63, 3.8) is 0 Å². The van der Waals surface area contributed by atoms with Crippen LogP contribution in [0.4, 0.5) is 0 Å². The van der Waals surface area contributed by atoms with Crippen LogP contribution in [0.3, 0.4) is 0 Å². The molecule has 1 aromatic rings. The van der Waals surface area contributed by atoms with Gasteiger partial charge in [0.05, 0.1) is 12.3 Å². The van der Waals surface area contributed by atoms with E-state index in [2.05, 4.69) is 5.32 Å². The van der Waals surface area contributed by atoms with Crippen molar-refractivity contribution < 1.29 is 14.7 Å². The van der Waals surface area contributed by atoms with Crippen LogP contribution >= 0.6 is 0 Å². The molecule has 116 valence electrons. The second kappa shape index (κ2) is 8.42. The van der Waals surface area contributed by atoms with Crippen LogP contribution in [0.1, 0.15) is 44.7 Å². The zero-order chi connectivity index (χ0) is 15.8. The van der Waals surface area contributed by atoms with Crippen molar-refractivity contribution in [3.05, 3.63) is 35.9 Å². The molecule has 0 saturated carbocycles. The summed E-state index contributed by atoms with van der Waals surface area (Å²) >= 11 is 0. The lowest BCUT2D eigenvalue weighted by molar-refractivity contribution is -0.137. The summed E-state index contributed by atoms with van der Waals surface area (Å²) in [6, 6.07) is 8.67. The standard InChI is InChI=1S/C16H24N2O3/c1-3-7-13(10-14(19)20)18-16(21)11(2)15(17)12-8-5-4-6-9-12/h4-6,8-9,11,13,15H,3,7,10,17H2,1-2H3,(H,18,21)(H,19,20). The number of rotatable bonds is 8. The molecule has 0 saturated heterocycles. The number of hydrogen-bond donors (Lipinski definition) is 3. The van der Waals surface area contributed by atoms with Gasteiger partial charge in [0.2, 0.25) is 5.91 Å². The number of aliphatic carboxylic acids is 1. The minimum atomic E-state index is -0.909. The maximum absolute atomic E-state index is 12.2. The molecule has 0 fully saturated rings. The second-order valence-corrected chi connectivity index (χ2v) is 5.32. The Morgan fingerprint density at radius 3 is 2.43 bits per heavy atom. The van der Waals surface area contributed by atoms with Crippen LogP contribution < -0.4 is 11.1 Å². The minimum absolute atomic E-state index is 0.0626. The van der Waals surface area contributed by atoms with Crippen molar-refractivity contribution in [2.45, 2.75) is 45.2 Å². The monoisotopic (exact) mass is 292 g/mol. The first kappa shape index (κ1) is 17.2. The van der Waals surface area contributed by atoms with Gasteiger partial charge in [0.15, 0.2) is 0 Å². The number of hydrogen-bond acceptors (Lipinski definition) is 3. The number of carbonyl (C=O) groups excluding carboxylic acids is 1. The number of nitrogens with two attached hydrogens (primary N) is 1. The summed E-state index contributed by atoms with van der Waals surface area (Å²) in [6.07, 6.45) is 1.40. The first-order valence-electron chi connectivity index (χ1n) is 7.28. The maximum atomic E-state index is 12.2. The van der Waals surface area contributed by atoms with Crippen LogP contribution in [0.2, 0.25) is 0 Å². The van der Waals surface area contributed by atoms with E-state index in [-0.39, 0.29) is 18.4 Å². The van der Waals surface area contributed by atoms with Gasteiger partial charge in [-0.2, -0.15) is 0 Å². The van der Waals surface area contributed by atoms with Crippen molar-refractivity contribution in [3.8, 4) is 0 Å². The quantitative estimate of drug-likeness (QED) is 0.684. The fourth-order valence-electron chi connectivity index (χ4n) is 2.24. The molecule has 0 radical (unpaired) electrons. The highest BCUT2D eigenvalue weighted by Crippen LogP contribution is 2.19. The second-order valence-electron chi connectivity index (χ2n) is 5.32. The van der Waals surface area contributed by atoms with E-state index in [0.29, 0.717) is 6.42 Å². The molecule has 3 unspecified atom stereocenters. The summed E-state index contributed by atoms with van der Waals surface area (Å²) in [4.78, 5) is 23.1. The van der Waals surface area contributed by atoms with E-state index in [4.69, 9.17) is 10.8 Å². The van der Waals surface area contributed by atoms with Crippen LogP contribution in [0, 0.1) is 5.92 Å². The Balaban J connectivity index is 2.66. The minimum Gasteiger partial charge on any atom is -0.481 e. The highest BCUT2D eigenvalue weighted by atomic mass is 16.4. The molecule has 0 aliphatic rings. The third kappa shape index (κ3) is 5.55. The molecule has 0 aliphatic carbocycles. The van der Waals surface area contributed by atoms with E-state index >= 15 is 0 Å². The fourth-order valence-corrected chi connectivity index (χ4v) is 2.24. The molecule has 1 rings (SSSR count). The number of benzene rings is 1. The molecule has 3 atom stereocenters. The number of nitrogens with one attached hydrogen (secondary N) is 1. The van der Waals surface area contributed by atoms with E-state index < -0.39 is 17.9 Å². The maximum Gasteiger partial charge on any atom is 0.305 e. The summed E-state index contributed by atoms with van der Waals surface area (Å²) in [7, 11) is 0. The third-order valence-electron chi connectivity index (χ3n) is 3.54. The summed E-state index contributed by atoms with van der Waals surface area (Å²) in [6.45, 7) is 3.72. The van der Waals surface area contributed by atoms with Crippen LogP contribution in [0.15, 0.2) is 30.3 Å². The predicted molar refractivity (Wildman–Crippen MR) is 81.6 cm³/mol. The lowest BCUT2D eigenvalue weighted by Gasteiger charge is -2.23. The van der Waals surface area contributed by atoms with Gasteiger partial charge in [-0.05, 0) is 12.0 Å². The molecular formula is C16H24N2O3. The van der Waals surface area contributed by atoms with Gasteiger partial charge >= 0.3 is 5.97 Å². The topological polar surface area (TPSA) is 92.4 Å². The molecule has 21 heavy (non-hydrogen) atoms. The van der Waals surface area contributed by atoms with Crippen LogP contribution in [-0.4, -0.2) is 23.0 Å². The van der Waals surface area contributed by atoms with E-state index in [1.54, 1.807) is 6.92 Å². The number of carbonyl (C=O) groups is 2. The van der Waals surface area contributed by atoms with E-state index in [1.807, 2.05) is 37.3 Å². The van der Waals surface area contributed by atoms with Gasteiger partial charge in [-0.3, -0.25) is 9.59 Å². The number of carboxylic acids is 1. The lowest BCUT2D eigenvalue weighted by atomic mass is 9.94. The molecule has 1 aromatic carbocycles. The third-order valence-corrected chi connectivity index (χ3v) is 3.54. The Morgan fingerprint density at radius 2 is 1.90 bits per heavy atom. The first-order valence-corrected chi connectivity index (χ1v) is 7.28. The molecule has 5 heteroatoms. The smallest absolute Gasteiger partial charge is 0.305 e. The Labute approximate surface area is 125 Å². The Bertz CT molecular complexity index is 462. The first-order chi connectivity index (χ1) is 9.95. The van der Waals surface area contributed by atoms with Crippen molar-refractivity contribution >= 4 is 11.9 Å². The zero-order valence-electron chi connectivity index (χ0n) is 12.6. The molecule has 0 aromatic heterocycles. The Morgan fingerprint density at radius 1 is 1.29 bits per heavy atom. The van der Waals surface area contributed by atoms with E-state index in [0.717, 1.165) is 12.0 Å². The highest BCUT2D eigenvalue weighted by Gasteiger charge is 2.24. The molecule has 0 aliphatic heterocycles. The zero-order valence-corrected chi connectivity index (χ0v) is 12.6. The predicted octanol–water partition coefficient (Wildman–Crippen LogP) is 2.08. The molecular weight excluding hydrogens is 268 g/mol. The molecule has 0 bridgehead atoms. The average molecular weight is 292 g/mol. The van der Waals surface area contributed by atoms with Gasteiger partial charge < -0.3 is 16.2 Å². The molecule has 5 nitrogen and oxygen atoms in total. The van der Waals surface area contributed by atoms with Gasteiger partial charge in [-0.15, -0.1) is 0 Å². The molecule has 0 heterocycles. The highest BCUT2D eigenvalue weighted by molar-refractivity contribution is 5.80. The number of carboxylic acid groups (broad SMARTS) is 1. The van der Waals surface area contributed by atoms with Gasteiger partial charge in [-0.1, -0.05) is 50.6 Å². The fraction of sp³-hybridized carbons (Fsp3) is 0.500. The molecule has 1 amide bonds. The van der Waals surface area contributed by atoms with Gasteiger partial charge in [0.1, 0.15) is 0 Å². The summed E-state index contributed by atoms with van der Waals surface area (Å²) in [5.41, 5.74) is 7.01. The lowest BCUT2D eigenvalue weighted by Crippen LogP contribution is -2.42. The van der Waals surface area contributed by atoms with E-state index in [1.165, 1.54) is 0 Å². The van der Waals surface area contributed by atoms with Crippen LogP contribution in [0.25, 0.3) is 0 Å². The Kier molecular flexibility index (Phi) is 6.88. The Hall–Kier alpha value is -1.88. The van der Waals surface area contributed by atoms with Crippen LogP contribution in [-0.2, 0) is 9.59 Å². The van der Waals surface area contributed by atoms with Crippen molar-refractivity contribution in [2.24, 2.45) is 11.7 Å². The average Bonchev–Trinajstić information content (AvgIpc) is 2.46. The molecule has 0 spiro atoms. The van der Waals surface area contributed by atoms with Gasteiger partial charge in [0.25, 0.3) is 0 Å². The summed E-state index contributed by atoms with van der Waals surface area (Å²) < 4.78 is 0. The van der Waals surface area contributed by atoms with Crippen LogP contribution in [0.5, 0.6) is 0 Å². The van der Waals surface area contributed by atoms with E-state index in [9.17, 15) is 9.59 Å². The normalized spacial score (nSPS) is 15.0. The SMILES string of the molecule is CCCC(CC(=O)O)NC(=O)C(C)C(N)c1ccccc1. The summed E-state index contributed by atoms with van der Waals surface area (Å²) in [5, 5.41) is 11.7. The van der Waals surface area contributed by atoms with Gasteiger partial charge in [-0.25, -0.2) is 0 Å². The van der Waals surface area contributed by atoms with Crippen molar-refractivity contribution in [2.75, 3.05) is 0 Å². The van der Waals surface area contributed by atoms with Crippen molar-refractivity contribution in [1.82, 2.24) is 5.32 Å². The number of amides is 1. The molecule has 4 N–H and O–H groups in total. The van der Waals surface area contributed by atoms with Crippen molar-refractivity contribution in [1.29, 1.82) is 0 Å². The largest absolute Gasteiger partial charge is 0.481 e. The summed E-state index contributed by atoms with van der Waals surface area (Å²) in [5.74, 6) is -1.53. The van der Waals surface area contributed by atoms with Gasteiger partial charge in [0, 0.05) is 12.1 Å².